The second-order valence-corrected chi connectivity index (χ2v) is 4.62. The molecule has 0 fully saturated rings. The molecule has 0 heterocycles. The lowest BCUT2D eigenvalue weighted by Gasteiger charge is -2.21. The van der Waals surface area contributed by atoms with Gasteiger partial charge in [-0.3, -0.25) is 4.79 Å². The van der Waals surface area contributed by atoms with E-state index in [9.17, 15) is 24.6 Å². The number of carboxylic acid groups (broad SMARTS) is 2. The predicted octanol–water partition coefficient (Wildman–Crippen LogP) is -3.59. The summed E-state index contributed by atoms with van der Waals surface area (Å²) < 4.78 is 0. The van der Waals surface area contributed by atoms with Crippen LogP contribution in [0.3, 0.4) is 0 Å². The molecule has 0 rings (SSSR count). The smallest absolute Gasteiger partial charge is 0.220 e. The van der Waals surface area contributed by atoms with Crippen molar-refractivity contribution >= 4 is 17.8 Å². The molecule has 7 heteroatoms. The maximum absolute atomic E-state index is 11.4. The van der Waals surface area contributed by atoms with Crippen LogP contribution in [0, 0.1) is 5.92 Å². The molecular formula is C11H19N2O5-. The Balaban J connectivity index is 4.18. The van der Waals surface area contributed by atoms with Gasteiger partial charge in [0.1, 0.15) is 6.04 Å². The maximum atomic E-state index is 11.4. The molecule has 4 N–H and O–H groups in total. The number of carbonyl (C=O) groups excluding carboxylic acids is 3. The zero-order valence-corrected chi connectivity index (χ0v) is 10.6. The third kappa shape index (κ3) is 6.85. The standard InChI is InChI=1S/C11H20N2O5/c1-6(2)5-8(11(17)18)13-9(14)4-3-7(12)10(15)16/h6-8H,3-5,12H2,1-2H3,(H,13,14)(H,15,16)(H,17,18)/p-1/t7-,8-/m0/s1. The second kappa shape index (κ2) is 7.65. The van der Waals surface area contributed by atoms with Gasteiger partial charge in [-0.05, 0) is 12.3 Å². The third-order valence-corrected chi connectivity index (χ3v) is 2.38. The molecule has 2 atom stereocenters. The molecule has 0 aromatic carbocycles. The van der Waals surface area contributed by atoms with E-state index in [1.807, 2.05) is 13.8 Å². The van der Waals surface area contributed by atoms with E-state index in [0.29, 0.717) is 0 Å². The minimum absolute atomic E-state index is 0.00954. The van der Waals surface area contributed by atoms with Crippen LogP contribution < -0.4 is 21.3 Å². The van der Waals surface area contributed by atoms with E-state index >= 15 is 0 Å². The zero-order valence-electron chi connectivity index (χ0n) is 10.6. The second-order valence-electron chi connectivity index (χ2n) is 4.62. The number of amides is 1. The summed E-state index contributed by atoms with van der Waals surface area (Å²) in [4.78, 5) is 32.6. The fourth-order valence-corrected chi connectivity index (χ4v) is 1.38. The van der Waals surface area contributed by atoms with E-state index < -0.39 is 29.9 Å². The average molecular weight is 259 g/mol. The molecule has 0 aromatic rings. The molecule has 0 aliphatic carbocycles. The van der Waals surface area contributed by atoms with E-state index in [2.05, 4.69) is 11.1 Å². The number of hydrogen-bond acceptors (Lipinski definition) is 5. The van der Waals surface area contributed by atoms with Gasteiger partial charge in [-0.25, -0.2) is 0 Å². The van der Waals surface area contributed by atoms with Gasteiger partial charge in [0.2, 0.25) is 5.91 Å². The highest BCUT2D eigenvalue weighted by atomic mass is 16.4. The highest BCUT2D eigenvalue weighted by Crippen LogP contribution is 2.04. The van der Waals surface area contributed by atoms with Crippen LogP contribution in [-0.2, 0) is 14.4 Å². The van der Waals surface area contributed by atoms with Crippen molar-refractivity contribution in [1.82, 2.24) is 5.32 Å². The van der Waals surface area contributed by atoms with Gasteiger partial charge in [0.15, 0.2) is 0 Å². The van der Waals surface area contributed by atoms with Gasteiger partial charge in [0.25, 0.3) is 0 Å². The maximum Gasteiger partial charge on any atom is 0.220 e. The van der Waals surface area contributed by atoms with Crippen molar-refractivity contribution in [3.8, 4) is 0 Å². The number of carboxylic acids is 2. The molecule has 0 saturated carbocycles. The summed E-state index contributed by atoms with van der Waals surface area (Å²) in [6.07, 6.45) is 0.169. The van der Waals surface area contributed by atoms with E-state index in [0.717, 1.165) is 0 Å². The van der Waals surface area contributed by atoms with Gasteiger partial charge in [-0.2, -0.15) is 0 Å². The summed E-state index contributed by atoms with van der Waals surface area (Å²) in [5.74, 6) is -3.11. The third-order valence-electron chi connectivity index (χ3n) is 2.38. The van der Waals surface area contributed by atoms with Gasteiger partial charge < -0.3 is 30.9 Å². The van der Waals surface area contributed by atoms with E-state index in [1.54, 1.807) is 0 Å². The number of hydrogen-bond donors (Lipinski definition) is 2. The minimum Gasteiger partial charge on any atom is -0.548 e. The molecule has 0 radical (unpaired) electrons. The molecule has 0 aromatic heterocycles. The number of quaternary nitrogens is 1. The molecule has 0 saturated heterocycles. The average Bonchev–Trinajstić information content (AvgIpc) is 2.23. The lowest BCUT2D eigenvalue weighted by molar-refractivity contribution is -0.438. The first-order chi connectivity index (χ1) is 8.23. The Labute approximate surface area is 105 Å². The number of rotatable bonds is 8. The lowest BCUT2D eigenvalue weighted by Crippen LogP contribution is -2.68. The monoisotopic (exact) mass is 259 g/mol. The van der Waals surface area contributed by atoms with Crippen LogP contribution in [0.5, 0.6) is 0 Å². The van der Waals surface area contributed by atoms with Crippen molar-refractivity contribution in [3.63, 3.8) is 0 Å². The van der Waals surface area contributed by atoms with Crippen molar-refractivity contribution in [3.05, 3.63) is 0 Å². The zero-order chi connectivity index (χ0) is 14.3. The van der Waals surface area contributed by atoms with Crippen LogP contribution in [0.2, 0.25) is 0 Å². The fourth-order valence-electron chi connectivity index (χ4n) is 1.38. The summed E-state index contributed by atoms with van der Waals surface area (Å²) in [5, 5.41) is 23.5. The molecule has 104 valence electrons. The van der Waals surface area contributed by atoms with Gasteiger partial charge in [0, 0.05) is 12.8 Å². The van der Waals surface area contributed by atoms with Crippen molar-refractivity contribution in [2.75, 3.05) is 0 Å². The minimum atomic E-state index is -1.34. The van der Waals surface area contributed by atoms with Crippen LogP contribution >= 0.6 is 0 Å². The largest absolute Gasteiger partial charge is 0.548 e. The number of nitrogens with one attached hydrogen (secondary N) is 1. The fraction of sp³-hybridized carbons (Fsp3) is 0.727. The van der Waals surface area contributed by atoms with Crippen LogP contribution in [0.25, 0.3) is 0 Å². The predicted molar refractivity (Wildman–Crippen MR) is 57.3 cm³/mol. The van der Waals surface area contributed by atoms with Crippen molar-refractivity contribution in [1.29, 1.82) is 0 Å². The number of aliphatic carboxylic acids is 2. The molecule has 0 bridgehead atoms. The molecule has 0 unspecified atom stereocenters. The topological polar surface area (TPSA) is 137 Å². The Morgan fingerprint density at radius 3 is 2.11 bits per heavy atom. The van der Waals surface area contributed by atoms with Gasteiger partial charge in [0.05, 0.1) is 18.0 Å². The summed E-state index contributed by atoms with van der Waals surface area (Å²) in [6, 6.07) is -2.04. The summed E-state index contributed by atoms with van der Waals surface area (Å²) >= 11 is 0. The molecule has 0 spiro atoms. The first-order valence-electron chi connectivity index (χ1n) is 5.78. The number of carbonyl (C=O) groups is 3. The Kier molecular flexibility index (Phi) is 6.96. The SMILES string of the molecule is CC(C)C[C@H](NC(=O)CC[C@H]([NH3+])C(=O)[O-])C(=O)[O-]. The molecular weight excluding hydrogens is 240 g/mol. The summed E-state index contributed by atoms with van der Waals surface area (Å²) in [6.45, 7) is 3.65. The Hall–Kier alpha value is -1.63. The van der Waals surface area contributed by atoms with Gasteiger partial charge in [-0.15, -0.1) is 0 Å². The van der Waals surface area contributed by atoms with Crippen molar-refractivity contribution in [2.24, 2.45) is 5.92 Å². The normalized spacial score (nSPS) is 14.0. The first kappa shape index (κ1) is 16.4. The Morgan fingerprint density at radius 2 is 1.72 bits per heavy atom. The van der Waals surface area contributed by atoms with Crippen LogP contribution in [0.1, 0.15) is 33.1 Å². The first-order valence-corrected chi connectivity index (χ1v) is 5.78. The summed E-state index contributed by atoms with van der Waals surface area (Å²) in [5.41, 5.74) is 3.30. The summed E-state index contributed by atoms with van der Waals surface area (Å²) in [7, 11) is 0. The molecule has 0 aliphatic rings. The van der Waals surface area contributed by atoms with E-state index in [-0.39, 0.29) is 25.2 Å². The highest BCUT2D eigenvalue weighted by molar-refractivity contribution is 5.83. The highest BCUT2D eigenvalue weighted by Gasteiger charge is 2.16. The lowest BCUT2D eigenvalue weighted by atomic mass is 10.0. The van der Waals surface area contributed by atoms with Gasteiger partial charge in [-0.1, -0.05) is 13.8 Å². The Bertz CT molecular complexity index is 317. The quantitative estimate of drug-likeness (QED) is 0.464. The molecule has 1 amide bonds. The van der Waals surface area contributed by atoms with Crippen LogP contribution in [0.4, 0.5) is 0 Å². The van der Waals surface area contributed by atoms with Crippen LogP contribution in [0.15, 0.2) is 0 Å². The van der Waals surface area contributed by atoms with E-state index in [4.69, 9.17) is 0 Å². The van der Waals surface area contributed by atoms with Gasteiger partial charge >= 0.3 is 0 Å². The molecule has 18 heavy (non-hydrogen) atoms. The van der Waals surface area contributed by atoms with Crippen molar-refractivity contribution < 1.29 is 30.3 Å². The molecule has 7 nitrogen and oxygen atoms in total. The van der Waals surface area contributed by atoms with Crippen LogP contribution in [-0.4, -0.2) is 29.9 Å². The molecule has 0 aliphatic heterocycles. The Morgan fingerprint density at radius 1 is 1.17 bits per heavy atom. The van der Waals surface area contributed by atoms with Crippen molar-refractivity contribution in [2.45, 2.75) is 45.2 Å². The van der Waals surface area contributed by atoms with E-state index in [1.165, 1.54) is 0 Å².